The van der Waals surface area contributed by atoms with E-state index < -0.39 is 5.97 Å². The van der Waals surface area contributed by atoms with Crippen molar-refractivity contribution < 1.29 is 14.3 Å². The minimum atomic E-state index is -1.10. The van der Waals surface area contributed by atoms with Gasteiger partial charge >= 0.3 is 5.97 Å². The summed E-state index contributed by atoms with van der Waals surface area (Å²) in [6.07, 6.45) is 2.01. The van der Waals surface area contributed by atoms with Crippen LogP contribution in [0.2, 0.25) is 0 Å². The maximum atomic E-state index is 10.5. The fourth-order valence-electron chi connectivity index (χ4n) is 1.04. The molecule has 3 N–H and O–H groups in total. The predicted molar refractivity (Wildman–Crippen MR) is 49.8 cm³/mol. The number of carboxylic acids is 1. The Kier molecular flexibility index (Phi) is 3.24. The largest absolute Gasteiger partial charge is 0.476 e. The third-order valence-corrected chi connectivity index (χ3v) is 2.28. The van der Waals surface area contributed by atoms with Crippen molar-refractivity contribution in [2.24, 2.45) is 11.7 Å². The molecule has 1 aromatic heterocycles. The highest BCUT2D eigenvalue weighted by Crippen LogP contribution is 2.20. The molecule has 0 bridgehead atoms. The molecule has 2 unspecified atom stereocenters. The average Bonchev–Trinajstić information content (AvgIpc) is 2.64. The van der Waals surface area contributed by atoms with Crippen molar-refractivity contribution in [1.29, 1.82) is 0 Å². The van der Waals surface area contributed by atoms with Crippen LogP contribution in [0.1, 0.15) is 42.7 Å². The van der Waals surface area contributed by atoms with Crippen LogP contribution in [0.5, 0.6) is 0 Å². The number of oxazole rings is 1. The van der Waals surface area contributed by atoms with E-state index in [1.807, 2.05) is 13.8 Å². The zero-order valence-electron chi connectivity index (χ0n) is 8.23. The van der Waals surface area contributed by atoms with E-state index in [-0.39, 0.29) is 23.5 Å². The molecule has 2 atom stereocenters. The maximum Gasteiger partial charge on any atom is 0.357 e. The van der Waals surface area contributed by atoms with Crippen LogP contribution in [0.25, 0.3) is 0 Å². The molecule has 78 valence electrons. The lowest BCUT2D eigenvalue weighted by atomic mass is 10.0. The Morgan fingerprint density at radius 1 is 1.79 bits per heavy atom. The van der Waals surface area contributed by atoms with E-state index in [0.29, 0.717) is 0 Å². The summed E-state index contributed by atoms with van der Waals surface area (Å²) in [7, 11) is 0. The standard InChI is InChI=1S/C9H14N2O3/c1-3-5(2)7(10)8-11-6(4-14-8)9(12)13/h4-5,7H,3,10H2,1-2H3,(H,12,13). The highest BCUT2D eigenvalue weighted by Gasteiger charge is 2.20. The third-order valence-electron chi connectivity index (χ3n) is 2.28. The molecular weight excluding hydrogens is 184 g/mol. The van der Waals surface area contributed by atoms with E-state index in [4.69, 9.17) is 15.3 Å². The van der Waals surface area contributed by atoms with E-state index in [1.54, 1.807) is 0 Å². The van der Waals surface area contributed by atoms with Crippen molar-refractivity contribution in [2.75, 3.05) is 0 Å². The Morgan fingerprint density at radius 2 is 2.43 bits per heavy atom. The molecule has 0 spiro atoms. The van der Waals surface area contributed by atoms with Gasteiger partial charge in [-0.15, -0.1) is 0 Å². The Bertz CT molecular complexity index is 322. The van der Waals surface area contributed by atoms with Gasteiger partial charge in [0.2, 0.25) is 5.89 Å². The first-order chi connectivity index (χ1) is 6.56. The number of carboxylic acid groups (broad SMARTS) is 1. The van der Waals surface area contributed by atoms with Crippen LogP contribution in [0, 0.1) is 5.92 Å². The number of carbonyl (C=O) groups is 1. The minimum Gasteiger partial charge on any atom is -0.476 e. The average molecular weight is 198 g/mol. The first-order valence-electron chi connectivity index (χ1n) is 4.50. The lowest BCUT2D eigenvalue weighted by Gasteiger charge is -2.13. The molecule has 0 aromatic carbocycles. The first kappa shape index (κ1) is 10.7. The van der Waals surface area contributed by atoms with Gasteiger partial charge in [-0.2, -0.15) is 0 Å². The summed E-state index contributed by atoms with van der Waals surface area (Å²) < 4.78 is 4.99. The van der Waals surface area contributed by atoms with Gasteiger partial charge in [-0.1, -0.05) is 20.3 Å². The fraction of sp³-hybridized carbons (Fsp3) is 0.556. The molecule has 0 aliphatic heterocycles. The highest BCUT2D eigenvalue weighted by molar-refractivity contribution is 5.84. The van der Waals surface area contributed by atoms with Crippen LogP contribution in [0.3, 0.4) is 0 Å². The fourth-order valence-corrected chi connectivity index (χ4v) is 1.04. The van der Waals surface area contributed by atoms with Crippen molar-refractivity contribution in [2.45, 2.75) is 26.3 Å². The number of aromatic carboxylic acids is 1. The molecule has 1 rings (SSSR count). The molecule has 14 heavy (non-hydrogen) atoms. The molecule has 0 aliphatic rings. The van der Waals surface area contributed by atoms with Gasteiger partial charge < -0.3 is 15.3 Å². The summed E-state index contributed by atoms with van der Waals surface area (Å²) >= 11 is 0. The van der Waals surface area contributed by atoms with Gasteiger partial charge in [-0.05, 0) is 5.92 Å². The van der Waals surface area contributed by atoms with Crippen molar-refractivity contribution in [3.63, 3.8) is 0 Å². The van der Waals surface area contributed by atoms with Gasteiger partial charge in [0.25, 0.3) is 0 Å². The van der Waals surface area contributed by atoms with Crippen LogP contribution in [-0.4, -0.2) is 16.1 Å². The first-order valence-corrected chi connectivity index (χ1v) is 4.50. The Balaban J connectivity index is 2.81. The van der Waals surface area contributed by atoms with Gasteiger partial charge in [0.1, 0.15) is 6.26 Å². The summed E-state index contributed by atoms with van der Waals surface area (Å²) in [4.78, 5) is 14.3. The van der Waals surface area contributed by atoms with E-state index >= 15 is 0 Å². The summed E-state index contributed by atoms with van der Waals surface area (Å²) in [5.41, 5.74) is 5.71. The topological polar surface area (TPSA) is 89.3 Å². The monoisotopic (exact) mass is 198 g/mol. The molecule has 1 aromatic rings. The van der Waals surface area contributed by atoms with Gasteiger partial charge in [-0.3, -0.25) is 0 Å². The van der Waals surface area contributed by atoms with E-state index in [9.17, 15) is 4.79 Å². The minimum absolute atomic E-state index is 0.0984. The van der Waals surface area contributed by atoms with E-state index in [0.717, 1.165) is 12.7 Å². The normalized spacial score (nSPS) is 15.1. The Morgan fingerprint density at radius 3 is 2.86 bits per heavy atom. The number of nitrogens with zero attached hydrogens (tertiary/aromatic N) is 1. The van der Waals surface area contributed by atoms with Crippen LogP contribution >= 0.6 is 0 Å². The summed E-state index contributed by atoms with van der Waals surface area (Å²) in [5.74, 6) is -0.594. The smallest absolute Gasteiger partial charge is 0.357 e. The zero-order chi connectivity index (χ0) is 10.7. The summed E-state index contributed by atoms with van der Waals surface area (Å²) in [6.45, 7) is 3.97. The molecule has 5 nitrogen and oxygen atoms in total. The van der Waals surface area contributed by atoms with Crippen LogP contribution in [-0.2, 0) is 0 Å². The second-order valence-corrected chi connectivity index (χ2v) is 3.29. The van der Waals surface area contributed by atoms with E-state index in [1.165, 1.54) is 0 Å². The van der Waals surface area contributed by atoms with Gasteiger partial charge in [0.15, 0.2) is 5.69 Å². The lowest BCUT2D eigenvalue weighted by molar-refractivity contribution is 0.0690. The molecule has 0 amide bonds. The molecule has 0 saturated carbocycles. The molecule has 0 radical (unpaired) electrons. The number of rotatable bonds is 4. The second-order valence-electron chi connectivity index (χ2n) is 3.29. The maximum absolute atomic E-state index is 10.5. The van der Waals surface area contributed by atoms with Crippen molar-refractivity contribution in [3.05, 3.63) is 17.8 Å². The van der Waals surface area contributed by atoms with Gasteiger partial charge in [-0.25, -0.2) is 9.78 Å². The molecule has 0 aliphatic carbocycles. The van der Waals surface area contributed by atoms with Crippen molar-refractivity contribution in [1.82, 2.24) is 4.98 Å². The zero-order valence-corrected chi connectivity index (χ0v) is 8.23. The Labute approximate surface area is 81.9 Å². The summed E-state index contributed by atoms with van der Waals surface area (Å²) in [6, 6.07) is -0.340. The Hall–Kier alpha value is -1.36. The lowest BCUT2D eigenvalue weighted by Crippen LogP contribution is -2.19. The van der Waals surface area contributed by atoms with Crippen LogP contribution in [0.15, 0.2) is 10.7 Å². The molecule has 0 saturated heterocycles. The van der Waals surface area contributed by atoms with Gasteiger partial charge in [0, 0.05) is 0 Å². The SMILES string of the molecule is CCC(C)C(N)c1nc(C(=O)O)co1. The van der Waals surface area contributed by atoms with Crippen molar-refractivity contribution >= 4 is 5.97 Å². The molecular formula is C9H14N2O3. The van der Waals surface area contributed by atoms with Crippen molar-refractivity contribution in [3.8, 4) is 0 Å². The highest BCUT2D eigenvalue weighted by atomic mass is 16.4. The van der Waals surface area contributed by atoms with Crippen LogP contribution in [0.4, 0.5) is 0 Å². The quantitative estimate of drug-likeness (QED) is 0.763. The van der Waals surface area contributed by atoms with E-state index in [2.05, 4.69) is 4.98 Å². The molecule has 5 heteroatoms. The molecule has 0 fully saturated rings. The second kappa shape index (κ2) is 4.23. The van der Waals surface area contributed by atoms with Crippen LogP contribution < -0.4 is 5.73 Å². The molecule has 1 heterocycles. The third kappa shape index (κ3) is 2.11. The number of hydrogen-bond donors (Lipinski definition) is 2. The number of nitrogens with two attached hydrogens (primary N) is 1. The predicted octanol–water partition coefficient (Wildman–Crippen LogP) is 1.42. The van der Waals surface area contributed by atoms with Gasteiger partial charge in [0.05, 0.1) is 6.04 Å². The summed E-state index contributed by atoms with van der Waals surface area (Å²) in [5, 5.41) is 8.61. The number of aromatic nitrogens is 1. The number of hydrogen-bond acceptors (Lipinski definition) is 4.